The lowest BCUT2D eigenvalue weighted by Crippen LogP contribution is -3.19. The van der Waals surface area contributed by atoms with Crippen LogP contribution in [0.3, 0.4) is 0 Å². The first-order valence-electron chi connectivity index (χ1n) is 7.99. The van der Waals surface area contributed by atoms with E-state index in [2.05, 4.69) is 4.74 Å². The van der Waals surface area contributed by atoms with Gasteiger partial charge in [-0.15, -0.1) is 23.2 Å². The minimum absolute atomic E-state index is 0.0377. The first kappa shape index (κ1) is 17.9. The number of aliphatic hydroxyl groups is 1. The number of amides is 1. The number of halogens is 3. The summed E-state index contributed by atoms with van der Waals surface area (Å²) in [4.78, 5) is 13.7. The smallest absolute Gasteiger partial charge is 0.573 e. The lowest BCUT2D eigenvalue weighted by Gasteiger charge is -2.38. The quantitative estimate of drug-likeness (QED) is 0.757. The minimum Gasteiger partial charge on any atom is -0.581 e. The molecule has 8 nitrogen and oxygen atoms in total. The summed E-state index contributed by atoms with van der Waals surface area (Å²) in [5.41, 5.74) is 0.694. The maximum atomic E-state index is 13.0. The number of carbonyl (C=O) groups excluding carboxylic acids is 1. The number of fused-ring (bicyclic) bond motifs is 3. The second kappa shape index (κ2) is 6.04. The summed E-state index contributed by atoms with van der Waals surface area (Å²) in [5, 5.41) is 25.0. The van der Waals surface area contributed by atoms with Gasteiger partial charge >= 0.3 is 6.36 Å². The fourth-order valence-corrected chi connectivity index (χ4v) is 3.15. The summed E-state index contributed by atoms with van der Waals surface area (Å²) in [6.07, 6.45) is -4.84. The Kier molecular flexibility index (Phi) is 3.87. The molecule has 28 heavy (non-hydrogen) atoms. The number of hydrogen-bond donors (Lipinski definition) is 2. The van der Waals surface area contributed by atoms with Gasteiger partial charge in [0.15, 0.2) is 0 Å². The van der Waals surface area contributed by atoms with Gasteiger partial charge in [-0.25, -0.2) is 0 Å². The average molecular weight is 394 g/mol. The molecule has 2 heterocycles. The number of carbonyl (C=O) groups is 1. The summed E-state index contributed by atoms with van der Waals surface area (Å²) < 4.78 is 40.7. The molecule has 2 aromatic carbocycles. The normalized spacial score (nSPS) is 19.1. The molecule has 1 amide bonds. The number of benzene rings is 2. The highest BCUT2D eigenvalue weighted by molar-refractivity contribution is 6.03. The SMILES string of the molecule is CN1C(=O)c2ccccc2N2C1=C(O)N(c1ccc(OC(F)(F)F)cc1)[NH+]2[O-]. The molecule has 0 aromatic heterocycles. The maximum absolute atomic E-state index is 13.0. The van der Waals surface area contributed by atoms with Gasteiger partial charge in [0.25, 0.3) is 11.8 Å². The molecule has 0 saturated heterocycles. The number of nitrogens with one attached hydrogen (secondary N) is 1. The van der Waals surface area contributed by atoms with Crippen LogP contribution in [0.15, 0.2) is 60.2 Å². The number of quaternary nitrogens is 1. The van der Waals surface area contributed by atoms with Crippen molar-refractivity contribution in [1.29, 1.82) is 0 Å². The van der Waals surface area contributed by atoms with Crippen molar-refractivity contribution in [2.75, 3.05) is 17.1 Å². The molecule has 11 heteroatoms. The van der Waals surface area contributed by atoms with Crippen molar-refractivity contribution in [2.24, 2.45) is 0 Å². The number of ether oxygens (including phenoxy) is 1. The van der Waals surface area contributed by atoms with Crippen molar-refractivity contribution < 1.29 is 33.1 Å². The molecule has 1 unspecified atom stereocenters. The van der Waals surface area contributed by atoms with Crippen LogP contribution < -0.4 is 20.0 Å². The van der Waals surface area contributed by atoms with Gasteiger partial charge in [-0.1, -0.05) is 12.1 Å². The van der Waals surface area contributed by atoms with Crippen LogP contribution in [0.2, 0.25) is 0 Å². The first-order chi connectivity index (χ1) is 13.2. The predicted molar refractivity (Wildman–Crippen MR) is 90.6 cm³/mol. The van der Waals surface area contributed by atoms with Crippen LogP contribution in [0.25, 0.3) is 0 Å². The average Bonchev–Trinajstić information content (AvgIpc) is 2.90. The molecule has 2 aromatic rings. The standard InChI is InChI=1S/C17H13F3N4O4/c1-21-14-16(26)22(10-6-8-11(9-7-10)28-17(18,19)20)24(27)23(14)13-5-3-2-4-12(13)15(21)25/h2-9,24,26H,1H3. The van der Waals surface area contributed by atoms with E-state index in [4.69, 9.17) is 0 Å². The third-order valence-electron chi connectivity index (χ3n) is 4.33. The van der Waals surface area contributed by atoms with E-state index in [9.17, 15) is 28.3 Å². The molecular formula is C17H13F3N4O4. The molecule has 2 N–H and O–H groups in total. The fourth-order valence-electron chi connectivity index (χ4n) is 3.15. The number of nitrogens with zero attached hydrogens (tertiary/aromatic N) is 3. The summed E-state index contributed by atoms with van der Waals surface area (Å²) in [7, 11) is 1.41. The summed E-state index contributed by atoms with van der Waals surface area (Å²) >= 11 is 0. The van der Waals surface area contributed by atoms with Crippen molar-refractivity contribution in [3.63, 3.8) is 0 Å². The third-order valence-corrected chi connectivity index (χ3v) is 4.33. The second-order valence-electron chi connectivity index (χ2n) is 6.02. The van der Waals surface area contributed by atoms with E-state index in [-0.39, 0.29) is 17.1 Å². The van der Waals surface area contributed by atoms with Gasteiger partial charge < -0.3 is 15.1 Å². The zero-order valence-corrected chi connectivity index (χ0v) is 14.3. The second-order valence-corrected chi connectivity index (χ2v) is 6.02. The Labute approximate surface area is 156 Å². The van der Waals surface area contributed by atoms with E-state index < -0.39 is 29.2 Å². The van der Waals surface area contributed by atoms with Crippen LogP contribution in [0.5, 0.6) is 5.75 Å². The van der Waals surface area contributed by atoms with Gasteiger partial charge in [0, 0.05) is 7.05 Å². The van der Waals surface area contributed by atoms with Crippen LogP contribution in [0.1, 0.15) is 10.4 Å². The van der Waals surface area contributed by atoms with Crippen molar-refractivity contribution >= 4 is 17.3 Å². The number of aliphatic hydroxyl groups excluding tert-OH is 1. The molecule has 0 saturated carbocycles. The van der Waals surface area contributed by atoms with E-state index in [0.29, 0.717) is 5.69 Å². The van der Waals surface area contributed by atoms with Crippen molar-refractivity contribution in [2.45, 2.75) is 6.36 Å². The van der Waals surface area contributed by atoms with Crippen LogP contribution in [0, 0.1) is 5.21 Å². The van der Waals surface area contributed by atoms with Crippen molar-refractivity contribution in [1.82, 2.24) is 4.90 Å². The monoisotopic (exact) mass is 394 g/mol. The van der Waals surface area contributed by atoms with Crippen molar-refractivity contribution in [3.05, 3.63) is 71.0 Å². The molecule has 0 aliphatic carbocycles. The van der Waals surface area contributed by atoms with Crippen LogP contribution in [-0.2, 0) is 0 Å². The highest BCUT2D eigenvalue weighted by Crippen LogP contribution is 2.35. The molecule has 146 valence electrons. The molecule has 1 atom stereocenters. The van der Waals surface area contributed by atoms with E-state index in [1.165, 1.54) is 24.2 Å². The lowest BCUT2D eigenvalue weighted by molar-refractivity contribution is -0.854. The largest absolute Gasteiger partial charge is 0.581 e. The maximum Gasteiger partial charge on any atom is 0.573 e. The Balaban J connectivity index is 1.74. The van der Waals surface area contributed by atoms with Crippen LogP contribution in [0.4, 0.5) is 24.5 Å². The van der Waals surface area contributed by atoms with E-state index in [1.54, 1.807) is 24.3 Å². The Bertz CT molecular complexity index is 977. The summed E-state index contributed by atoms with van der Waals surface area (Å²) in [6, 6.07) is 10.9. The van der Waals surface area contributed by atoms with Gasteiger partial charge in [0.1, 0.15) is 17.1 Å². The molecule has 0 fully saturated rings. The highest BCUT2D eigenvalue weighted by Gasteiger charge is 2.47. The highest BCUT2D eigenvalue weighted by atomic mass is 19.4. The van der Waals surface area contributed by atoms with Gasteiger partial charge in [0.2, 0.25) is 5.82 Å². The Morgan fingerprint density at radius 3 is 2.36 bits per heavy atom. The number of anilines is 2. The van der Waals surface area contributed by atoms with Gasteiger partial charge in [-0.2, -0.15) is 5.28 Å². The Morgan fingerprint density at radius 1 is 1.07 bits per heavy atom. The van der Waals surface area contributed by atoms with Crippen LogP contribution in [-0.4, -0.2) is 29.3 Å². The molecule has 0 bridgehead atoms. The summed E-state index contributed by atoms with van der Waals surface area (Å²) in [5.74, 6) is -1.42. The number of hydrogen-bond acceptors (Lipinski definition) is 6. The van der Waals surface area contributed by atoms with E-state index in [0.717, 1.165) is 22.0 Å². The topological polar surface area (TPSA) is 83.8 Å². The number of alkyl halides is 3. The fraction of sp³-hybridized carbons (Fsp3) is 0.118. The summed E-state index contributed by atoms with van der Waals surface area (Å²) in [6.45, 7) is 0. The van der Waals surface area contributed by atoms with Gasteiger partial charge in [0.05, 0.1) is 5.56 Å². The van der Waals surface area contributed by atoms with Crippen LogP contribution >= 0.6 is 0 Å². The van der Waals surface area contributed by atoms with E-state index in [1.807, 2.05) is 0 Å². The molecule has 2 aliphatic rings. The minimum atomic E-state index is -4.84. The third kappa shape index (κ3) is 2.68. The Hall–Kier alpha value is -3.44. The Morgan fingerprint density at radius 2 is 1.71 bits per heavy atom. The molecular weight excluding hydrogens is 381 g/mol. The van der Waals surface area contributed by atoms with Crippen molar-refractivity contribution in [3.8, 4) is 5.75 Å². The van der Waals surface area contributed by atoms with Gasteiger partial charge in [-0.3, -0.25) is 9.69 Å². The van der Waals surface area contributed by atoms with E-state index >= 15 is 0 Å². The molecule has 4 rings (SSSR count). The zero-order chi connectivity index (χ0) is 20.2. The zero-order valence-electron chi connectivity index (χ0n) is 14.3. The number of para-hydroxylation sites is 1. The molecule has 0 spiro atoms. The number of rotatable bonds is 2. The predicted octanol–water partition coefficient (Wildman–Crippen LogP) is 1.89. The van der Waals surface area contributed by atoms with Gasteiger partial charge in [-0.05, 0) is 36.4 Å². The first-order valence-corrected chi connectivity index (χ1v) is 7.99. The molecule has 0 radical (unpaired) electrons. The molecule has 2 aliphatic heterocycles. The lowest BCUT2D eigenvalue weighted by atomic mass is 10.1.